The van der Waals surface area contributed by atoms with Gasteiger partial charge in [0.2, 0.25) is 0 Å². The lowest BCUT2D eigenvalue weighted by Crippen LogP contribution is -2.55. The third-order valence-corrected chi connectivity index (χ3v) is 4.85. The smallest absolute Gasteiger partial charge is 0.317 e. The Morgan fingerprint density at radius 2 is 1.90 bits per heavy atom. The largest absolute Gasteiger partial charge is 0.480 e. The summed E-state index contributed by atoms with van der Waals surface area (Å²) in [5.74, 6) is 0.853. The van der Waals surface area contributed by atoms with Crippen LogP contribution in [0.2, 0.25) is 0 Å². The van der Waals surface area contributed by atoms with Crippen LogP contribution < -0.4 is 5.32 Å². The fourth-order valence-electron chi connectivity index (χ4n) is 3.24. The Kier molecular flexibility index (Phi) is 6.06. The molecule has 2 N–H and O–H groups in total. The predicted octanol–water partition coefficient (Wildman–Crippen LogP) is 2.73. The Morgan fingerprint density at radius 3 is 2.43 bits per heavy atom. The summed E-state index contributed by atoms with van der Waals surface area (Å²) in [7, 11) is 0. The number of nitrogens with zero attached hydrogens (tertiary/aromatic N) is 1. The third kappa shape index (κ3) is 5.95. The summed E-state index contributed by atoms with van der Waals surface area (Å²) in [6.45, 7) is 8.03. The highest BCUT2D eigenvalue weighted by atomic mass is 16.4. The number of hydrogen-bond acceptors (Lipinski definition) is 3. The molecule has 1 unspecified atom stereocenters. The molecule has 0 aromatic heterocycles. The lowest BCUT2D eigenvalue weighted by atomic mass is 9.84. The van der Waals surface area contributed by atoms with Crippen LogP contribution in [0, 0.1) is 11.8 Å². The molecule has 0 saturated heterocycles. The van der Waals surface area contributed by atoms with E-state index in [0.717, 1.165) is 31.2 Å². The second-order valence-corrected chi connectivity index (χ2v) is 7.63. The average Bonchev–Trinajstić information content (AvgIpc) is 3.13. The van der Waals surface area contributed by atoms with Gasteiger partial charge >= 0.3 is 5.97 Å². The first-order valence-electron chi connectivity index (χ1n) is 8.66. The number of carboxylic acid groups (broad SMARTS) is 1. The van der Waals surface area contributed by atoms with Gasteiger partial charge in [0.25, 0.3) is 0 Å². The van der Waals surface area contributed by atoms with Gasteiger partial charge in [-0.05, 0) is 57.3 Å². The standard InChI is InChI=1S/C17H32N2O2/c1-12(2)4-5-13(3)18-15-8-16(9-15)19(11-17(20)21)10-14-6-7-14/h12-16,18H,4-11H2,1-3H3,(H,20,21). The number of carbonyl (C=O) groups is 1. The van der Waals surface area contributed by atoms with Gasteiger partial charge in [0, 0.05) is 24.7 Å². The number of carboxylic acids is 1. The van der Waals surface area contributed by atoms with Crippen LogP contribution in [0.15, 0.2) is 0 Å². The molecule has 21 heavy (non-hydrogen) atoms. The van der Waals surface area contributed by atoms with Crippen molar-refractivity contribution in [1.82, 2.24) is 10.2 Å². The van der Waals surface area contributed by atoms with Crippen LogP contribution in [0.25, 0.3) is 0 Å². The summed E-state index contributed by atoms with van der Waals surface area (Å²) >= 11 is 0. The Morgan fingerprint density at radius 1 is 1.24 bits per heavy atom. The zero-order valence-corrected chi connectivity index (χ0v) is 13.8. The van der Waals surface area contributed by atoms with Crippen molar-refractivity contribution < 1.29 is 9.90 Å². The molecule has 0 heterocycles. The molecule has 0 aromatic rings. The molecule has 0 spiro atoms. The summed E-state index contributed by atoms with van der Waals surface area (Å²) in [4.78, 5) is 13.2. The van der Waals surface area contributed by atoms with E-state index in [9.17, 15) is 4.79 Å². The number of rotatable bonds is 10. The van der Waals surface area contributed by atoms with Crippen molar-refractivity contribution in [3.8, 4) is 0 Å². The maximum atomic E-state index is 11.0. The Balaban J connectivity index is 1.66. The highest BCUT2D eigenvalue weighted by Gasteiger charge is 2.37. The van der Waals surface area contributed by atoms with Crippen LogP contribution in [0.4, 0.5) is 0 Å². The van der Waals surface area contributed by atoms with Gasteiger partial charge in [0.1, 0.15) is 0 Å². The molecule has 122 valence electrons. The van der Waals surface area contributed by atoms with E-state index in [0.29, 0.717) is 18.1 Å². The van der Waals surface area contributed by atoms with Gasteiger partial charge < -0.3 is 10.4 Å². The number of hydrogen-bond donors (Lipinski definition) is 2. The third-order valence-electron chi connectivity index (χ3n) is 4.85. The van der Waals surface area contributed by atoms with E-state index in [2.05, 4.69) is 31.0 Å². The van der Waals surface area contributed by atoms with Crippen LogP contribution in [0.5, 0.6) is 0 Å². The molecule has 0 radical (unpaired) electrons. The minimum Gasteiger partial charge on any atom is -0.480 e. The maximum absolute atomic E-state index is 11.0. The highest BCUT2D eigenvalue weighted by molar-refractivity contribution is 5.69. The van der Waals surface area contributed by atoms with Gasteiger partial charge in [0.05, 0.1) is 6.54 Å². The van der Waals surface area contributed by atoms with Gasteiger partial charge in [-0.3, -0.25) is 9.69 Å². The number of nitrogens with one attached hydrogen (secondary N) is 1. The highest BCUT2D eigenvalue weighted by Crippen LogP contribution is 2.34. The lowest BCUT2D eigenvalue weighted by molar-refractivity contribution is -0.139. The van der Waals surface area contributed by atoms with Crippen molar-refractivity contribution in [3.63, 3.8) is 0 Å². The zero-order chi connectivity index (χ0) is 15.4. The second-order valence-electron chi connectivity index (χ2n) is 7.63. The van der Waals surface area contributed by atoms with Crippen LogP contribution in [-0.4, -0.2) is 47.2 Å². The fraction of sp³-hybridized carbons (Fsp3) is 0.941. The first-order chi connectivity index (χ1) is 9.94. The van der Waals surface area contributed by atoms with E-state index in [1.165, 1.54) is 25.7 Å². The summed E-state index contributed by atoms with van der Waals surface area (Å²) < 4.78 is 0. The lowest BCUT2D eigenvalue weighted by Gasteiger charge is -2.44. The molecule has 2 aliphatic carbocycles. The molecular weight excluding hydrogens is 264 g/mol. The summed E-state index contributed by atoms with van der Waals surface area (Å²) in [5.41, 5.74) is 0. The topological polar surface area (TPSA) is 52.6 Å². The van der Waals surface area contributed by atoms with Crippen LogP contribution in [0.3, 0.4) is 0 Å². The second kappa shape index (κ2) is 7.59. The normalized spacial score (nSPS) is 26.9. The molecule has 0 bridgehead atoms. The molecule has 2 rings (SSSR count). The summed E-state index contributed by atoms with van der Waals surface area (Å²) in [6.07, 6.45) is 7.32. The van der Waals surface area contributed by atoms with Crippen molar-refractivity contribution in [2.45, 2.75) is 77.4 Å². The van der Waals surface area contributed by atoms with Crippen LogP contribution >= 0.6 is 0 Å². The molecule has 1 atom stereocenters. The van der Waals surface area contributed by atoms with Crippen molar-refractivity contribution in [1.29, 1.82) is 0 Å². The van der Waals surface area contributed by atoms with Crippen LogP contribution in [-0.2, 0) is 4.79 Å². The van der Waals surface area contributed by atoms with Gasteiger partial charge in [0.15, 0.2) is 0 Å². The zero-order valence-electron chi connectivity index (χ0n) is 13.8. The predicted molar refractivity (Wildman–Crippen MR) is 85.4 cm³/mol. The monoisotopic (exact) mass is 296 g/mol. The average molecular weight is 296 g/mol. The van der Waals surface area contributed by atoms with Crippen molar-refractivity contribution in [2.24, 2.45) is 11.8 Å². The summed E-state index contributed by atoms with van der Waals surface area (Å²) in [6, 6.07) is 1.65. The molecule has 0 aromatic carbocycles. The van der Waals surface area contributed by atoms with Gasteiger partial charge in [-0.2, -0.15) is 0 Å². The minimum atomic E-state index is -0.683. The number of aliphatic carboxylic acids is 1. The molecule has 0 aliphatic heterocycles. The Hall–Kier alpha value is -0.610. The Bertz CT molecular complexity index is 336. The molecule has 0 amide bonds. The first kappa shape index (κ1) is 16.8. The van der Waals surface area contributed by atoms with Gasteiger partial charge in [-0.15, -0.1) is 0 Å². The SMILES string of the molecule is CC(C)CCC(C)NC1CC(N(CC(=O)O)CC2CC2)C1. The van der Waals surface area contributed by atoms with E-state index in [4.69, 9.17) is 5.11 Å². The maximum Gasteiger partial charge on any atom is 0.317 e. The molecule has 2 saturated carbocycles. The summed E-state index contributed by atoms with van der Waals surface area (Å²) in [5, 5.41) is 12.8. The first-order valence-corrected chi connectivity index (χ1v) is 8.66. The molecule has 4 nitrogen and oxygen atoms in total. The van der Waals surface area contributed by atoms with Crippen molar-refractivity contribution >= 4 is 5.97 Å². The molecule has 2 fully saturated rings. The minimum absolute atomic E-state index is 0.219. The quantitative estimate of drug-likeness (QED) is 0.651. The van der Waals surface area contributed by atoms with Gasteiger partial charge in [-0.25, -0.2) is 0 Å². The van der Waals surface area contributed by atoms with Crippen molar-refractivity contribution in [2.75, 3.05) is 13.1 Å². The molecule has 4 heteroatoms. The fourth-order valence-corrected chi connectivity index (χ4v) is 3.24. The van der Waals surface area contributed by atoms with E-state index in [-0.39, 0.29) is 6.54 Å². The molecular formula is C17H32N2O2. The molecule has 2 aliphatic rings. The van der Waals surface area contributed by atoms with E-state index < -0.39 is 5.97 Å². The van der Waals surface area contributed by atoms with Crippen molar-refractivity contribution in [3.05, 3.63) is 0 Å². The van der Waals surface area contributed by atoms with Crippen LogP contribution in [0.1, 0.15) is 59.3 Å². The van der Waals surface area contributed by atoms with E-state index >= 15 is 0 Å². The van der Waals surface area contributed by atoms with E-state index in [1.54, 1.807) is 0 Å². The Labute approximate surface area is 129 Å². The van der Waals surface area contributed by atoms with E-state index in [1.807, 2.05) is 0 Å². The van der Waals surface area contributed by atoms with Gasteiger partial charge in [-0.1, -0.05) is 13.8 Å².